The molecule has 9 heteroatoms. The van der Waals surface area contributed by atoms with Gasteiger partial charge in [0.25, 0.3) is 0 Å². The van der Waals surface area contributed by atoms with E-state index in [1.165, 1.54) is 11.8 Å². The summed E-state index contributed by atoms with van der Waals surface area (Å²) in [5.41, 5.74) is 4.49. The van der Waals surface area contributed by atoms with Crippen molar-refractivity contribution in [3.05, 3.63) is 128 Å². The summed E-state index contributed by atoms with van der Waals surface area (Å²) in [6.45, 7) is 0. The van der Waals surface area contributed by atoms with Crippen LogP contribution in [0.1, 0.15) is 11.1 Å². The Kier molecular flexibility index (Phi) is 10.6. The monoisotopic (exact) mass is 642 g/mol. The number of rotatable bonds is 10. The van der Waals surface area contributed by atoms with Gasteiger partial charge in [0.1, 0.15) is 0 Å². The van der Waals surface area contributed by atoms with Gasteiger partial charge < -0.3 is 10.2 Å². The molecule has 0 amide bonds. The number of carboxylic acids is 2. The van der Waals surface area contributed by atoms with Crippen molar-refractivity contribution in [2.24, 2.45) is 0 Å². The quantitative estimate of drug-likeness (QED) is 0.168. The first-order valence-corrected chi connectivity index (χ1v) is 14.6. The Bertz CT molecular complexity index is 1560. The summed E-state index contributed by atoms with van der Waals surface area (Å²) in [5, 5.41) is 20.0. The third-order valence-electron chi connectivity index (χ3n) is 6.09. The van der Waals surface area contributed by atoms with Gasteiger partial charge in [0.15, 0.2) is 0 Å². The molecule has 0 heterocycles. The molecule has 0 bridgehead atoms. The molecule has 0 aliphatic rings. The summed E-state index contributed by atoms with van der Waals surface area (Å²) in [7, 11) is 0. The average Bonchev–Trinajstić information content (AvgIpc) is 2.92. The van der Waals surface area contributed by atoms with Gasteiger partial charge in [0.05, 0.1) is 10.0 Å². The molecular formula is C32H22Cl4O4S. The Morgan fingerprint density at radius 3 is 1.37 bits per heavy atom. The molecule has 208 valence electrons. The minimum atomic E-state index is -1.03. The van der Waals surface area contributed by atoms with E-state index in [1.54, 1.807) is 24.3 Å². The number of hydrogen-bond acceptors (Lipinski definition) is 3. The summed E-state index contributed by atoms with van der Waals surface area (Å²) in [6, 6.07) is 22.2. The molecule has 2 N–H and O–H groups in total. The summed E-state index contributed by atoms with van der Waals surface area (Å²) >= 11 is 28.5. The van der Waals surface area contributed by atoms with E-state index in [0.717, 1.165) is 44.2 Å². The highest BCUT2D eigenvalue weighted by molar-refractivity contribution is 7.99. The smallest absolute Gasteiger partial charge is 0.327 e. The summed E-state index contributed by atoms with van der Waals surface area (Å²) in [4.78, 5) is 23.5. The fourth-order valence-electron chi connectivity index (χ4n) is 4.29. The van der Waals surface area contributed by atoms with Crippen LogP contribution in [-0.2, 0) is 22.4 Å². The molecule has 4 nitrogen and oxygen atoms in total. The zero-order chi connectivity index (χ0) is 29.5. The molecule has 0 unspecified atom stereocenters. The first-order valence-electron chi connectivity index (χ1n) is 12.3. The SMILES string of the molecule is O=C(O)/C=C/Cc1ccc(Sc2ccc(C/C=C/C(=O)O)c(-c3ccccc3Cl)c2Cl)c(Cl)c1-c1ccccc1Cl. The molecule has 41 heavy (non-hydrogen) atoms. The third-order valence-corrected chi connectivity index (χ3v) is 8.88. The van der Waals surface area contributed by atoms with Crippen LogP contribution in [0.2, 0.25) is 20.1 Å². The number of benzene rings is 4. The second-order valence-corrected chi connectivity index (χ2v) is 11.4. The fourth-order valence-corrected chi connectivity index (χ4v) is 6.45. The molecule has 0 spiro atoms. The highest BCUT2D eigenvalue weighted by atomic mass is 35.5. The van der Waals surface area contributed by atoms with Crippen LogP contribution in [0.5, 0.6) is 0 Å². The topological polar surface area (TPSA) is 74.6 Å². The number of halogens is 4. The van der Waals surface area contributed by atoms with Crippen molar-refractivity contribution in [1.82, 2.24) is 0 Å². The molecule has 0 aliphatic heterocycles. The van der Waals surface area contributed by atoms with Crippen molar-refractivity contribution in [1.29, 1.82) is 0 Å². The standard InChI is InChI=1S/C32H22Cl4O4S/c33-23-11-3-1-9-21(23)29-19(7-5-13-27(37)38)15-17-25(31(29)35)41-26-18-16-20(8-6-14-28(39)40)30(32(26)36)22-10-2-4-12-24(22)34/h1-6,9-18H,7-8H2,(H,37,38)(H,39,40)/b13-5+,14-6+. The van der Waals surface area contributed by atoms with Crippen LogP contribution in [0.25, 0.3) is 22.3 Å². The van der Waals surface area contributed by atoms with Crippen LogP contribution >= 0.6 is 58.2 Å². The molecule has 4 aromatic carbocycles. The first-order chi connectivity index (χ1) is 19.7. The lowest BCUT2D eigenvalue weighted by molar-refractivity contribution is -0.132. The third kappa shape index (κ3) is 7.56. The van der Waals surface area contributed by atoms with Crippen molar-refractivity contribution in [3.63, 3.8) is 0 Å². The fraction of sp³-hybridized carbons (Fsp3) is 0.0625. The highest BCUT2D eigenvalue weighted by Gasteiger charge is 2.20. The van der Waals surface area contributed by atoms with E-state index in [0.29, 0.717) is 44.1 Å². The van der Waals surface area contributed by atoms with Gasteiger partial charge in [0.2, 0.25) is 0 Å². The van der Waals surface area contributed by atoms with Crippen molar-refractivity contribution in [2.75, 3.05) is 0 Å². The molecule has 0 aromatic heterocycles. The Morgan fingerprint density at radius 2 is 1.00 bits per heavy atom. The van der Waals surface area contributed by atoms with E-state index >= 15 is 0 Å². The van der Waals surface area contributed by atoms with Gasteiger partial charge in [-0.3, -0.25) is 0 Å². The molecule has 0 atom stereocenters. The molecule has 4 aromatic rings. The minimum Gasteiger partial charge on any atom is -0.478 e. The van der Waals surface area contributed by atoms with E-state index in [-0.39, 0.29) is 0 Å². The lowest BCUT2D eigenvalue weighted by atomic mass is 9.97. The van der Waals surface area contributed by atoms with Crippen molar-refractivity contribution in [2.45, 2.75) is 22.6 Å². The van der Waals surface area contributed by atoms with E-state index in [2.05, 4.69) is 0 Å². The molecule has 0 radical (unpaired) electrons. The predicted octanol–water partition coefficient (Wildman–Crippen LogP) is 10.2. The largest absolute Gasteiger partial charge is 0.478 e. The maximum atomic E-state index is 11.0. The van der Waals surface area contributed by atoms with Crippen molar-refractivity contribution in [3.8, 4) is 22.3 Å². The Morgan fingerprint density at radius 1 is 0.610 bits per heavy atom. The zero-order valence-electron chi connectivity index (χ0n) is 21.3. The van der Waals surface area contributed by atoms with Gasteiger partial charge in [-0.1, -0.05) is 119 Å². The molecule has 0 fully saturated rings. The number of allylic oxidation sites excluding steroid dienone is 2. The Labute approximate surface area is 261 Å². The lowest BCUT2D eigenvalue weighted by Gasteiger charge is -2.18. The predicted molar refractivity (Wildman–Crippen MR) is 169 cm³/mol. The number of carbonyl (C=O) groups is 2. The minimum absolute atomic E-state index is 0.341. The maximum Gasteiger partial charge on any atom is 0.327 e. The maximum absolute atomic E-state index is 11.0. The molecule has 4 rings (SSSR count). The number of aliphatic carboxylic acids is 2. The summed E-state index contributed by atoms with van der Waals surface area (Å²) < 4.78 is 0. The molecule has 0 saturated heterocycles. The van der Waals surface area contributed by atoms with Crippen LogP contribution in [-0.4, -0.2) is 22.2 Å². The van der Waals surface area contributed by atoms with E-state index in [9.17, 15) is 9.59 Å². The second-order valence-electron chi connectivity index (χ2n) is 8.77. The van der Waals surface area contributed by atoms with Gasteiger partial charge in [0, 0.05) is 54.2 Å². The molecular weight excluding hydrogens is 622 g/mol. The molecule has 0 aliphatic carbocycles. The van der Waals surface area contributed by atoms with Gasteiger partial charge in [-0.15, -0.1) is 0 Å². The Balaban J connectivity index is 1.83. The van der Waals surface area contributed by atoms with Crippen LogP contribution in [0.15, 0.2) is 107 Å². The van der Waals surface area contributed by atoms with Crippen LogP contribution < -0.4 is 0 Å². The number of carboxylic acid groups (broad SMARTS) is 2. The van der Waals surface area contributed by atoms with Gasteiger partial charge in [-0.05, 0) is 48.2 Å². The second kappa shape index (κ2) is 14.1. The van der Waals surface area contributed by atoms with Crippen LogP contribution in [0.3, 0.4) is 0 Å². The first kappa shape index (κ1) is 30.8. The number of hydrogen-bond donors (Lipinski definition) is 2. The van der Waals surface area contributed by atoms with Crippen LogP contribution in [0, 0.1) is 0 Å². The normalized spacial score (nSPS) is 11.4. The van der Waals surface area contributed by atoms with Gasteiger partial charge in [-0.25, -0.2) is 9.59 Å². The van der Waals surface area contributed by atoms with Crippen LogP contribution in [0.4, 0.5) is 0 Å². The van der Waals surface area contributed by atoms with Gasteiger partial charge >= 0.3 is 11.9 Å². The lowest BCUT2D eigenvalue weighted by Crippen LogP contribution is -1.95. The zero-order valence-corrected chi connectivity index (χ0v) is 25.1. The Hall–Kier alpha value is -3.19. The summed E-state index contributed by atoms with van der Waals surface area (Å²) in [6.07, 6.45) is 5.99. The van der Waals surface area contributed by atoms with Crippen molar-refractivity contribution < 1.29 is 19.8 Å². The highest BCUT2D eigenvalue weighted by Crippen LogP contribution is 2.47. The average molecular weight is 644 g/mol. The molecule has 0 saturated carbocycles. The van der Waals surface area contributed by atoms with E-state index in [4.69, 9.17) is 56.6 Å². The van der Waals surface area contributed by atoms with Crippen molar-refractivity contribution >= 4 is 70.1 Å². The van der Waals surface area contributed by atoms with Gasteiger partial charge in [-0.2, -0.15) is 0 Å². The van der Waals surface area contributed by atoms with E-state index < -0.39 is 11.9 Å². The summed E-state index contributed by atoms with van der Waals surface area (Å²) in [5.74, 6) is -2.07. The van der Waals surface area contributed by atoms with E-state index in [1.807, 2.05) is 60.7 Å².